The number of hydrogen-bond donors (Lipinski definition) is 5. The second kappa shape index (κ2) is 11.5. The molecule has 0 spiro atoms. The zero-order valence-corrected chi connectivity index (χ0v) is 18.1. The first-order chi connectivity index (χ1) is 16.1. The van der Waals surface area contributed by atoms with Gasteiger partial charge in [-0.05, 0) is 67.3 Å². The van der Waals surface area contributed by atoms with Gasteiger partial charge in [0.15, 0.2) is 0 Å². The zero-order chi connectivity index (χ0) is 25.3. The number of carbonyl (C=O) groups is 3. The molecule has 176 valence electrons. The lowest BCUT2D eigenvalue weighted by Crippen LogP contribution is -2.68. The first kappa shape index (κ1) is 25.8. The molecule has 8 nitrogen and oxygen atoms in total. The molecule has 3 amide bonds. The summed E-state index contributed by atoms with van der Waals surface area (Å²) in [5, 5.41) is 22.3. The Morgan fingerprint density at radius 1 is 0.941 bits per heavy atom. The second-order valence-electron chi connectivity index (χ2n) is 7.27. The number of carbonyl (C=O) groups excluding carboxylic acids is 3. The maximum Gasteiger partial charge on any atom is 0.268 e. The van der Waals surface area contributed by atoms with E-state index < -0.39 is 35.7 Å². The minimum absolute atomic E-state index is 0.0240. The molecule has 0 bridgehead atoms. The van der Waals surface area contributed by atoms with Crippen LogP contribution in [0, 0.1) is 23.7 Å². The van der Waals surface area contributed by atoms with Crippen molar-refractivity contribution < 1.29 is 33.5 Å². The molecule has 0 radical (unpaired) electrons. The van der Waals surface area contributed by atoms with Gasteiger partial charge in [-0.25, -0.2) is 14.3 Å². The standard InChI is InChI=1S/C24H21F2N3O5/c1-15(30)28-24(2,23(25)26)20(22(33)29-34)27-21(32)18-11-7-16(8-12-18)5-3-4-6-17-9-13-19(31)14-10-17/h7-14,20,23,31,34H,1-2H3,(H,27,32)(H,28,30)(H,29,33)/t20-,24?/m1/s1. The summed E-state index contributed by atoms with van der Waals surface area (Å²) in [4.78, 5) is 36.0. The highest BCUT2D eigenvalue weighted by Crippen LogP contribution is 2.21. The molecule has 10 heteroatoms. The van der Waals surface area contributed by atoms with Crippen molar-refractivity contribution in [2.24, 2.45) is 0 Å². The number of hydroxylamine groups is 1. The van der Waals surface area contributed by atoms with Crippen molar-refractivity contribution in [3.05, 3.63) is 65.2 Å². The summed E-state index contributed by atoms with van der Waals surface area (Å²) in [6, 6.07) is 9.98. The maximum absolute atomic E-state index is 13.7. The van der Waals surface area contributed by atoms with E-state index in [0.29, 0.717) is 11.1 Å². The van der Waals surface area contributed by atoms with Crippen LogP contribution in [0.5, 0.6) is 5.75 Å². The molecule has 0 saturated carbocycles. The van der Waals surface area contributed by atoms with Crippen LogP contribution in [0.15, 0.2) is 48.5 Å². The van der Waals surface area contributed by atoms with Gasteiger partial charge in [-0.3, -0.25) is 19.6 Å². The Morgan fingerprint density at radius 2 is 1.44 bits per heavy atom. The van der Waals surface area contributed by atoms with Crippen molar-refractivity contribution in [3.63, 3.8) is 0 Å². The molecule has 0 aliphatic carbocycles. The van der Waals surface area contributed by atoms with E-state index in [0.717, 1.165) is 13.8 Å². The van der Waals surface area contributed by atoms with Gasteiger partial charge in [0.1, 0.15) is 17.3 Å². The molecule has 2 atom stereocenters. The van der Waals surface area contributed by atoms with Crippen LogP contribution in [0.3, 0.4) is 0 Å². The predicted molar refractivity (Wildman–Crippen MR) is 118 cm³/mol. The summed E-state index contributed by atoms with van der Waals surface area (Å²) >= 11 is 0. The fraction of sp³-hybridized carbons (Fsp3) is 0.208. The lowest BCUT2D eigenvalue weighted by Gasteiger charge is -2.36. The molecular weight excluding hydrogens is 448 g/mol. The summed E-state index contributed by atoms with van der Waals surface area (Å²) in [5.74, 6) is 7.90. The van der Waals surface area contributed by atoms with Gasteiger partial charge in [0.25, 0.3) is 18.2 Å². The fourth-order valence-corrected chi connectivity index (χ4v) is 2.86. The third-order valence-corrected chi connectivity index (χ3v) is 4.64. The number of amides is 3. The maximum atomic E-state index is 13.7. The van der Waals surface area contributed by atoms with E-state index in [9.17, 15) is 28.3 Å². The second-order valence-corrected chi connectivity index (χ2v) is 7.27. The fourth-order valence-electron chi connectivity index (χ4n) is 2.86. The molecule has 1 unspecified atom stereocenters. The lowest BCUT2D eigenvalue weighted by molar-refractivity contribution is -0.137. The van der Waals surface area contributed by atoms with Gasteiger partial charge < -0.3 is 15.7 Å². The molecule has 0 saturated heterocycles. The summed E-state index contributed by atoms with van der Waals surface area (Å²) < 4.78 is 27.4. The van der Waals surface area contributed by atoms with Crippen LogP contribution in [-0.4, -0.2) is 46.0 Å². The van der Waals surface area contributed by atoms with Crippen LogP contribution in [0.2, 0.25) is 0 Å². The van der Waals surface area contributed by atoms with Crippen LogP contribution < -0.4 is 16.1 Å². The first-order valence-corrected chi connectivity index (χ1v) is 9.79. The van der Waals surface area contributed by atoms with E-state index in [2.05, 4.69) is 29.0 Å². The smallest absolute Gasteiger partial charge is 0.268 e. The summed E-state index contributed by atoms with van der Waals surface area (Å²) in [6.45, 7) is 1.85. The van der Waals surface area contributed by atoms with Crippen molar-refractivity contribution in [3.8, 4) is 29.4 Å². The normalized spacial score (nSPS) is 12.6. The minimum atomic E-state index is -3.25. The Labute approximate surface area is 194 Å². The number of phenolic OH excluding ortho intramolecular Hbond substituents is 1. The number of alkyl halides is 2. The third kappa shape index (κ3) is 6.79. The highest BCUT2D eigenvalue weighted by atomic mass is 19.3. The van der Waals surface area contributed by atoms with Crippen LogP contribution in [0.25, 0.3) is 0 Å². The largest absolute Gasteiger partial charge is 0.508 e. The SMILES string of the molecule is CC(=O)NC(C)(C(F)F)[C@H](NC(=O)c1ccc(C#CC#Cc2ccc(O)cc2)cc1)C(=O)NO. The predicted octanol–water partition coefficient (Wildman–Crippen LogP) is 1.56. The Bertz CT molecular complexity index is 1180. The monoisotopic (exact) mass is 469 g/mol. The Balaban J connectivity index is 2.17. The van der Waals surface area contributed by atoms with E-state index in [1.165, 1.54) is 41.9 Å². The quantitative estimate of drug-likeness (QED) is 0.249. The van der Waals surface area contributed by atoms with E-state index in [-0.39, 0.29) is 11.3 Å². The third-order valence-electron chi connectivity index (χ3n) is 4.64. The summed E-state index contributed by atoms with van der Waals surface area (Å²) in [6.07, 6.45) is -3.25. The van der Waals surface area contributed by atoms with Crippen LogP contribution in [0.1, 0.15) is 35.3 Å². The molecule has 2 aromatic rings. The van der Waals surface area contributed by atoms with Gasteiger partial charge in [-0.2, -0.15) is 0 Å². The molecule has 2 aromatic carbocycles. The van der Waals surface area contributed by atoms with Gasteiger partial charge in [-0.15, -0.1) is 0 Å². The average molecular weight is 469 g/mol. The molecule has 2 rings (SSSR count). The van der Waals surface area contributed by atoms with E-state index in [4.69, 9.17) is 5.21 Å². The number of hydrogen-bond acceptors (Lipinski definition) is 5. The highest BCUT2D eigenvalue weighted by Gasteiger charge is 2.48. The van der Waals surface area contributed by atoms with Crippen molar-refractivity contribution >= 4 is 17.7 Å². The molecule has 0 aliphatic rings. The van der Waals surface area contributed by atoms with Crippen molar-refractivity contribution in [1.29, 1.82) is 0 Å². The number of nitrogens with one attached hydrogen (secondary N) is 3. The minimum Gasteiger partial charge on any atom is -0.508 e. The number of aromatic hydroxyl groups is 1. The van der Waals surface area contributed by atoms with E-state index in [1.807, 2.05) is 5.32 Å². The summed E-state index contributed by atoms with van der Waals surface area (Å²) in [5.41, 5.74) is -0.0664. The van der Waals surface area contributed by atoms with E-state index in [1.54, 1.807) is 12.1 Å². The van der Waals surface area contributed by atoms with Gasteiger partial charge in [-0.1, -0.05) is 11.8 Å². The summed E-state index contributed by atoms with van der Waals surface area (Å²) in [7, 11) is 0. The van der Waals surface area contributed by atoms with Gasteiger partial charge >= 0.3 is 0 Å². The van der Waals surface area contributed by atoms with Crippen LogP contribution >= 0.6 is 0 Å². The van der Waals surface area contributed by atoms with Crippen LogP contribution in [-0.2, 0) is 9.59 Å². The van der Waals surface area contributed by atoms with E-state index >= 15 is 0 Å². The molecular formula is C24H21F2N3O5. The molecule has 0 heterocycles. The molecule has 34 heavy (non-hydrogen) atoms. The van der Waals surface area contributed by atoms with Crippen molar-refractivity contribution in [2.45, 2.75) is 31.9 Å². The number of benzene rings is 2. The van der Waals surface area contributed by atoms with Crippen molar-refractivity contribution in [2.75, 3.05) is 0 Å². The Morgan fingerprint density at radius 3 is 1.88 bits per heavy atom. The van der Waals surface area contributed by atoms with Crippen LogP contribution in [0.4, 0.5) is 8.78 Å². The Hall–Kier alpha value is -4.41. The van der Waals surface area contributed by atoms with Gasteiger partial charge in [0.2, 0.25) is 5.91 Å². The van der Waals surface area contributed by atoms with Gasteiger partial charge in [0, 0.05) is 23.6 Å². The topological polar surface area (TPSA) is 128 Å². The van der Waals surface area contributed by atoms with Crippen molar-refractivity contribution in [1.82, 2.24) is 16.1 Å². The number of phenols is 1. The lowest BCUT2D eigenvalue weighted by atomic mass is 9.91. The molecule has 0 aliphatic heterocycles. The number of rotatable bonds is 6. The Kier molecular flexibility index (Phi) is 8.71. The zero-order valence-electron chi connectivity index (χ0n) is 18.1. The highest BCUT2D eigenvalue weighted by molar-refractivity contribution is 5.98. The first-order valence-electron chi connectivity index (χ1n) is 9.79. The molecule has 0 aromatic heterocycles. The number of halogens is 2. The molecule has 0 fully saturated rings. The molecule has 5 N–H and O–H groups in total. The van der Waals surface area contributed by atoms with Gasteiger partial charge in [0.05, 0.1) is 0 Å². The average Bonchev–Trinajstić information content (AvgIpc) is 2.80.